The van der Waals surface area contributed by atoms with Gasteiger partial charge < -0.3 is 18.8 Å². The van der Waals surface area contributed by atoms with Gasteiger partial charge in [0.15, 0.2) is 0 Å². The van der Waals surface area contributed by atoms with Crippen LogP contribution >= 0.6 is 11.6 Å². The van der Waals surface area contributed by atoms with Gasteiger partial charge in [0.1, 0.15) is 29.5 Å². The van der Waals surface area contributed by atoms with Crippen LogP contribution in [0.15, 0.2) is 48.5 Å². The van der Waals surface area contributed by atoms with E-state index in [9.17, 15) is 13.6 Å². The Labute approximate surface area is 302 Å². The van der Waals surface area contributed by atoms with Gasteiger partial charge in [-0.1, -0.05) is 36.7 Å². The summed E-state index contributed by atoms with van der Waals surface area (Å²) in [5, 5.41) is 8.20. The fourth-order valence-electron chi connectivity index (χ4n) is 7.79. The largest absolute Gasteiger partial charge is 0.493 e. The van der Waals surface area contributed by atoms with Crippen molar-refractivity contribution in [2.24, 2.45) is 7.05 Å². The molecule has 51 heavy (non-hydrogen) atoms. The van der Waals surface area contributed by atoms with Gasteiger partial charge in [0, 0.05) is 67.4 Å². The standard InChI is InChI=1S/C40H45ClF2N4O4/c1-4-32-36-35-31(41)16-15-30-29(11-9-21-50-33-12-8-10-25-22-26(42)13-14-28(25)33)39(40(48)49-5-2)47(38(30)35)18-6-7-20-51-34(37(36)44-45(32)3)17-19-46-23-27(43)24-46/h8,10,12-16,22,27,34H,4-7,9,11,17-21,23-24H2,1-3H3. The molecule has 7 rings (SSSR count). The summed E-state index contributed by atoms with van der Waals surface area (Å²) in [4.78, 5) is 16.0. The molecule has 1 fully saturated rings. The first kappa shape index (κ1) is 35.4. The summed E-state index contributed by atoms with van der Waals surface area (Å²) in [7, 11) is 1.95. The summed E-state index contributed by atoms with van der Waals surface area (Å²) >= 11 is 7.21. The van der Waals surface area contributed by atoms with Crippen molar-refractivity contribution >= 4 is 39.2 Å². The molecule has 2 aliphatic heterocycles. The van der Waals surface area contributed by atoms with Crippen LogP contribution in [0, 0.1) is 5.82 Å². The Morgan fingerprint density at radius 1 is 1.08 bits per heavy atom. The number of likely N-dealkylation sites (tertiary alicyclic amines) is 1. The summed E-state index contributed by atoms with van der Waals surface area (Å²) in [6.07, 6.45) is 3.08. The lowest BCUT2D eigenvalue weighted by molar-refractivity contribution is 0.0123. The van der Waals surface area contributed by atoms with Gasteiger partial charge >= 0.3 is 5.97 Å². The number of benzene rings is 3. The van der Waals surface area contributed by atoms with Gasteiger partial charge in [0.2, 0.25) is 0 Å². The number of ether oxygens (including phenoxy) is 3. The molecule has 3 aromatic carbocycles. The molecule has 4 heterocycles. The van der Waals surface area contributed by atoms with E-state index < -0.39 is 6.17 Å². The van der Waals surface area contributed by atoms with Crippen molar-refractivity contribution in [2.75, 3.05) is 39.5 Å². The van der Waals surface area contributed by atoms with E-state index in [1.807, 2.05) is 49.0 Å². The zero-order valence-electron chi connectivity index (χ0n) is 29.5. The number of hydrogen-bond acceptors (Lipinski definition) is 6. The zero-order chi connectivity index (χ0) is 35.6. The first-order valence-corrected chi connectivity index (χ1v) is 18.5. The second kappa shape index (κ2) is 15.3. The highest BCUT2D eigenvalue weighted by Gasteiger charge is 2.33. The highest BCUT2D eigenvalue weighted by atomic mass is 35.5. The minimum absolute atomic E-state index is 0.251. The molecule has 1 saturated heterocycles. The van der Waals surface area contributed by atoms with Gasteiger partial charge in [0.25, 0.3) is 0 Å². The average Bonchev–Trinajstić information content (AvgIpc) is 3.59. The molecule has 1 unspecified atom stereocenters. The minimum atomic E-state index is -0.765. The van der Waals surface area contributed by atoms with Crippen molar-refractivity contribution in [1.29, 1.82) is 0 Å². The van der Waals surface area contributed by atoms with Gasteiger partial charge in [-0.05, 0) is 86.7 Å². The van der Waals surface area contributed by atoms with E-state index in [0.29, 0.717) is 81.5 Å². The maximum Gasteiger partial charge on any atom is 0.355 e. The molecule has 5 aromatic rings. The Hall–Kier alpha value is -3.99. The second-order valence-corrected chi connectivity index (χ2v) is 13.9. The molecule has 270 valence electrons. The van der Waals surface area contributed by atoms with Crippen LogP contribution < -0.4 is 4.74 Å². The van der Waals surface area contributed by atoms with E-state index >= 15 is 0 Å². The number of aromatic nitrogens is 3. The van der Waals surface area contributed by atoms with E-state index in [0.717, 1.165) is 62.6 Å². The predicted molar refractivity (Wildman–Crippen MR) is 196 cm³/mol. The summed E-state index contributed by atoms with van der Waals surface area (Å²) in [5.41, 5.74) is 5.95. The summed E-state index contributed by atoms with van der Waals surface area (Å²) in [6.45, 7) is 7.30. The normalized spacial score (nSPS) is 16.9. The number of aryl methyl sites for hydroxylation is 3. The van der Waals surface area contributed by atoms with Gasteiger partial charge in [-0.2, -0.15) is 5.10 Å². The van der Waals surface area contributed by atoms with Crippen molar-refractivity contribution in [3.05, 3.63) is 82.0 Å². The second-order valence-electron chi connectivity index (χ2n) is 13.5. The van der Waals surface area contributed by atoms with Gasteiger partial charge in [-0.3, -0.25) is 9.58 Å². The Morgan fingerprint density at radius 2 is 1.90 bits per heavy atom. The van der Waals surface area contributed by atoms with E-state index in [1.54, 1.807) is 6.07 Å². The van der Waals surface area contributed by atoms with Crippen molar-refractivity contribution in [1.82, 2.24) is 19.2 Å². The molecule has 0 amide bonds. The summed E-state index contributed by atoms with van der Waals surface area (Å²) in [5.74, 6) is 0.0359. The zero-order valence-corrected chi connectivity index (χ0v) is 30.3. The Bertz CT molecular complexity index is 2050. The molecular formula is C40H45ClF2N4O4. The molecule has 8 nitrogen and oxygen atoms in total. The average molecular weight is 719 g/mol. The van der Waals surface area contributed by atoms with Crippen molar-refractivity contribution in [3.63, 3.8) is 0 Å². The third-order valence-corrected chi connectivity index (χ3v) is 10.5. The maximum atomic E-state index is 13.9. The lowest BCUT2D eigenvalue weighted by Crippen LogP contribution is -2.48. The molecule has 11 heteroatoms. The summed E-state index contributed by atoms with van der Waals surface area (Å²) < 4.78 is 50.1. The molecule has 1 atom stereocenters. The number of fused-ring (bicyclic) bond motifs is 3. The Kier molecular flexibility index (Phi) is 10.6. The molecule has 2 aromatic heterocycles. The highest BCUT2D eigenvalue weighted by molar-refractivity contribution is 6.35. The number of halogens is 3. The smallest absolute Gasteiger partial charge is 0.355 e. The monoisotopic (exact) mass is 718 g/mol. The fraction of sp³-hybridized carbons (Fsp3) is 0.450. The lowest BCUT2D eigenvalue weighted by atomic mass is 9.94. The first-order valence-electron chi connectivity index (χ1n) is 18.1. The number of esters is 1. The van der Waals surface area contributed by atoms with Crippen LogP contribution in [0.2, 0.25) is 5.02 Å². The highest BCUT2D eigenvalue weighted by Crippen LogP contribution is 2.45. The number of rotatable bonds is 11. The quantitative estimate of drug-likeness (QED) is 0.101. The molecular weight excluding hydrogens is 674 g/mol. The first-order chi connectivity index (χ1) is 24.8. The Morgan fingerprint density at radius 3 is 2.69 bits per heavy atom. The maximum absolute atomic E-state index is 13.9. The van der Waals surface area contributed by atoms with E-state index in [-0.39, 0.29) is 24.5 Å². The molecule has 0 aliphatic carbocycles. The van der Waals surface area contributed by atoms with Crippen molar-refractivity contribution in [2.45, 2.75) is 71.2 Å². The fourth-order valence-corrected chi connectivity index (χ4v) is 8.04. The Balaban J connectivity index is 1.31. The van der Waals surface area contributed by atoms with Gasteiger partial charge in [0.05, 0.1) is 29.4 Å². The van der Waals surface area contributed by atoms with Gasteiger partial charge in [-0.15, -0.1) is 0 Å². The number of nitrogens with zero attached hydrogens (tertiary/aromatic N) is 4. The van der Waals surface area contributed by atoms with Crippen molar-refractivity contribution in [3.8, 4) is 16.9 Å². The van der Waals surface area contributed by atoms with Crippen LogP contribution in [0.1, 0.15) is 73.1 Å². The number of hydrogen-bond donors (Lipinski definition) is 0. The molecule has 0 spiro atoms. The number of carbonyl (C=O) groups is 1. The predicted octanol–water partition coefficient (Wildman–Crippen LogP) is 8.63. The lowest BCUT2D eigenvalue weighted by Gasteiger charge is -2.35. The van der Waals surface area contributed by atoms with E-state index in [2.05, 4.69) is 16.4 Å². The van der Waals surface area contributed by atoms with Crippen molar-refractivity contribution < 1.29 is 27.8 Å². The molecule has 0 bridgehead atoms. The van der Waals surface area contributed by atoms with Crippen LogP contribution in [0.25, 0.3) is 32.8 Å². The molecule has 0 saturated carbocycles. The summed E-state index contributed by atoms with van der Waals surface area (Å²) in [6, 6.07) is 14.2. The number of carbonyl (C=O) groups excluding carboxylic acids is 1. The van der Waals surface area contributed by atoms with Crippen LogP contribution in [0.4, 0.5) is 8.78 Å². The molecule has 2 aliphatic rings. The van der Waals surface area contributed by atoms with E-state index in [4.69, 9.17) is 30.9 Å². The van der Waals surface area contributed by atoms with Crippen LogP contribution in [0.5, 0.6) is 5.75 Å². The van der Waals surface area contributed by atoms with Crippen LogP contribution in [0.3, 0.4) is 0 Å². The minimum Gasteiger partial charge on any atom is -0.493 e. The van der Waals surface area contributed by atoms with Crippen LogP contribution in [-0.2, 0) is 35.9 Å². The van der Waals surface area contributed by atoms with Crippen LogP contribution in [-0.4, -0.2) is 70.8 Å². The van der Waals surface area contributed by atoms with E-state index in [1.165, 1.54) is 12.1 Å². The SMILES string of the molecule is CCOC(=O)c1c(CCCOc2cccc3cc(F)ccc23)c2ccc(Cl)c3c2n1CCCCOC(CCN1CC(F)C1)c1nn(C)c(CC)c1-3. The topological polar surface area (TPSA) is 70.8 Å². The molecule has 0 radical (unpaired) electrons. The number of alkyl halides is 1. The van der Waals surface area contributed by atoms with Gasteiger partial charge in [-0.25, -0.2) is 13.6 Å². The molecule has 0 N–H and O–H groups in total. The third-order valence-electron chi connectivity index (χ3n) is 10.2. The third kappa shape index (κ3) is 6.98.